The SMILES string of the molecule is CC1(C(=O)O)CCN(c2ncc(C(=O)N3CCCCC3)cc2Cl)C1. The van der Waals surface area contributed by atoms with Crippen LogP contribution in [0.5, 0.6) is 0 Å². The predicted molar refractivity (Wildman–Crippen MR) is 91.6 cm³/mol. The number of aromatic nitrogens is 1. The van der Waals surface area contributed by atoms with Gasteiger partial charge in [0.2, 0.25) is 0 Å². The van der Waals surface area contributed by atoms with Crippen molar-refractivity contribution in [2.24, 2.45) is 5.41 Å². The van der Waals surface area contributed by atoms with Crippen molar-refractivity contribution in [3.8, 4) is 0 Å². The number of carbonyl (C=O) groups excluding carboxylic acids is 1. The van der Waals surface area contributed by atoms with Crippen molar-refractivity contribution < 1.29 is 14.7 Å². The molecule has 0 bridgehead atoms. The van der Waals surface area contributed by atoms with E-state index in [0.717, 1.165) is 25.9 Å². The maximum Gasteiger partial charge on any atom is 0.311 e. The lowest BCUT2D eigenvalue weighted by Crippen LogP contribution is -2.35. The van der Waals surface area contributed by atoms with Gasteiger partial charge in [-0.15, -0.1) is 0 Å². The second-order valence-electron chi connectivity index (χ2n) is 6.92. The van der Waals surface area contributed by atoms with Gasteiger partial charge in [0.05, 0.1) is 16.0 Å². The summed E-state index contributed by atoms with van der Waals surface area (Å²) in [5, 5.41) is 9.73. The molecule has 3 heterocycles. The minimum Gasteiger partial charge on any atom is -0.481 e. The molecule has 2 saturated heterocycles. The standard InChI is InChI=1S/C17H22ClN3O3/c1-17(16(23)24)5-8-21(11-17)14-13(18)9-12(10-19-14)15(22)20-6-3-2-4-7-20/h9-10H,2-8,11H2,1H3,(H,23,24). The van der Waals surface area contributed by atoms with Gasteiger partial charge in [0.1, 0.15) is 5.82 Å². The zero-order chi connectivity index (χ0) is 17.3. The van der Waals surface area contributed by atoms with E-state index in [1.807, 2.05) is 9.80 Å². The Morgan fingerprint density at radius 1 is 1.25 bits per heavy atom. The number of nitrogens with zero attached hydrogens (tertiary/aromatic N) is 3. The average Bonchev–Trinajstić information content (AvgIpc) is 2.98. The van der Waals surface area contributed by atoms with Crippen LogP contribution in [0, 0.1) is 5.41 Å². The lowest BCUT2D eigenvalue weighted by atomic mass is 9.90. The van der Waals surface area contributed by atoms with Crippen molar-refractivity contribution >= 4 is 29.3 Å². The largest absolute Gasteiger partial charge is 0.481 e. The van der Waals surface area contributed by atoms with Crippen LogP contribution in [0.1, 0.15) is 43.0 Å². The number of amides is 1. The van der Waals surface area contributed by atoms with Crippen LogP contribution < -0.4 is 4.90 Å². The topological polar surface area (TPSA) is 73.7 Å². The summed E-state index contributed by atoms with van der Waals surface area (Å²) < 4.78 is 0. The number of hydrogen-bond acceptors (Lipinski definition) is 4. The van der Waals surface area contributed by atoms with Gasteiger partial charge in [-0.2, -0.15) is 0 Å². The van der Waals surface area contributed by atoms with Gasteiger partial charge in [0.25, 0.3) is 5.91 Å². The van der Waals surface area contributed by atoms with E-state index >= 15 is 0 Å². The molecule has 1 amide bonds. The van der Waals surface area contributed by atoms with Crippen LogP contribution in [0.3, 0.4) is 0 Å². The number of rotatable bonds is 3. The van der Waals surface area contributed by atoms with Crippen LogP contribution >= 0.6 is 11.6 Å². The maximum atomic E-state index is 12.5. The molecule has 130 valence electrons. The van der Waals surface area contributed by atoms with E-state index in [1.165, 1.54) is 6.42 Å². The van der Waals surface area contributed by atoms with E-state index in [-0.39, 0.29) is 5.91 Å². The van der Waals surface area contributed by atoms with E-state index in [4.69, 9.17) is 11.6 Å². The third-order valence-electron chi connectivity index (χ3n) is 5.00. The molecule has 1 aromatic heterocycles. The fourth-order valence-electron chi connectivity index (χ4n) is 3.38. The first kappa shape index (κ1) is 17.0. The Hall–Kier alpha value is -1.82. The number of carboxylic acids is 1. The molecule has 0 aromatic carbocycles. The number of pyridine rings is 1. The summed E-state index contributed by atoms with van der Waals surface area (Å²) in [6.45, 7) is 4.25. The molecule has 24 heavy (non-hydrogen) atoms. The quantitative estimate of drug-likeness (QED) is 0.906. The molecular formula is C17H22ClN3O3. The van der Waals surface area contributed by atoms with Crippen LogP contribution in [0.25, 0.3) is 0 Å². The van der Waals surface area contributed by atoms with Gasteiger partial charge in [-0.3, -0.25) is 9.59 Å². The van der Waals surface area contributed by atoms with Crippen LogP contribution in [-0.2, 0) is 4.79 Å². The first-order chi connectivity index (χ1) is 11.4. The highest BCUT2D eigenvalue weighted by atomic mass is 35.5. The Labute approximate surface area is 146 Å². The van der Waals surface area contributed by atoms with Crippen LogP contribution in [0.15, 0.2) is 12.3 Å². The van der Waals surface area contributed by atoms with Crippen LogP contribution in [0.4, 0.5) is 5.82 Å². The second kappa shape index (κ2) is 6.59. The summed E-state index contributed by atoms with van der Waals surface area (Å²) >= 11 is 6.34. The maximum absolute atomic E-state index is 12.5. The molecular weight excluding hydrogens is 330 g/mol. The predicted octanol–water partition coefficient (Wildman–Crippen LogP) is 2.66. The fourth-order valence-corrected chi connectivity index (χ4v) is 3.66. The van der Waals surface area contributed by atoms with Crippen LogP contribution in [-0.4, -0.2) is 53.0 Å². The third-order valence-corrected chi connectivity index (χ3v) is 5.28. The Bertz CT molecular complexity index is 660. The van der Waals surface area contributed by atoms with Crippen molar-refractivity contribution in [3.63, 3.8) is 0 Å². The van der Waals surface area contributed by atoms with E-state index < -0.39 is 11.4 Å². The van der Waals surface area contributed by atoms with Gasteiger partial charge in [-0.1, -0.05) is 11.6 Å². The number of aliphatic carboxylic acids is 1. The van der Waals surface area contributed by atoms with Gasteiger partial charge in [-0.25, -0.2) is 4.98 Å². The normalized spacial score (nSPS) is 24.2. The molecule has 0 saturated carbocycles. The molecule has 7 heteroatoms. The van der Waals surface area contributed by atoms with E-state index in [2.05, 4.69) is 4.98 Å². The first-order valence-electron chi connectivity index (χ1n) is 8.34. The Balaban J connectivity index is 1.76. The second-order valence-corrected chi connectivity index (χ2v) is 7.33. The van der Waals surface area contributed by atoms with Crippen molar-refractivity contribution in [2.75, 3.05) is 31.1 Å². The molecule has 6 nitrogen and oxygen atoms in total. The minimum atomic E-state index is -0.807. The highest BCUT2D eigenvalue weighted by Gasteiger charge is 2.41. The number of likely N-dealkylation sites (tertiary alicyclic amines) is 1. The molecule has 1 atom stereocenters. The summed E-state index contributed by atoms with van der Waals surface area (Å²) in [5.41, 5.74) is -0.293. The van der Waals surface area contributed by atoms with Crippen molar-refractivity contribution in [1.82, 2.24) is 9.88 Å². The molecule has 1 unspecified atom stereocenters. The zero-order valence-electron chi connectivity index (χ0n) is 13.8. The molecule has 1 aromatic rings. The minimum absolute atomic E-state index is 0.0348. The zero-order valence-corrected chi connectivity index (χ0v) is 14.6. The highest BCUT2D eigenvalue weighted by molar-refractivity contribution is 6.33. The Kier molecular flexibility index (Phi) is 4.67. The molecule has 0 spiro atoms. The van der Waals surface area contributed by atoms with Gasteiger partial charge < -0.3 is 14.9 Å². The number of carboxylic acid groups (broad SMARTS) is 1. The van der Waals surface area contributed by atoms with Crippen LogP contribution in [0.2, 0.25) is 5.02 Å². The molecule has 0 aliphatic carbocycles. The summed E-state index contributed by atoms with van der Waals surface area (Å²) in [6.07, 6.45) is 5.33. The molecule has 2 aliphatic heterocycles. The number of anilines is 1. The number of carbonyl (C=O) groups is 2. The van der Waals surface area contributed by atoms with Gasteiger partial charge >= 0.3 is 5.97 Å². The molecule has 2 aliphatic rings. The molecule has 2 fully saturated rings. The van der Waals surface area contributed by atoms with Gasteiger partial charge in [0, 0.05) is 32.4 Å². The van der Waals surface area contributed by atoms with E-state index in [0.29, 0.717) is 35.9 Å². The van der Waals surface area contributed by atoms with Gasteiger partial charge in [-0.05, 0) is 38.7 Å². The highest BCUT2D eigenvalue weighted by Crippen LogP contribution is 2.35. The lowest BCUT2D eigenvalue weighted by molar-refractivity contribution is -0.146. The third kappa shape index (κ3) is 3.20. The molecule has 0 radical (unpaired) electrons. The number of hydrogen-bond donors (Lipinski definition) is 1. The lowest BCUT2D eigenvalue weighted by Gasteiger charge is -2.27. The number of halogens is 1. The van der Waals surface area contributed by atoms with E-state index in [1.54, 1.807) is 19.2 Å². The monoisotopic (exact) mass is 351 g/mol. The summed E-state index contributed by atoms with van der Waals surface area (Å²) in [6, 6.07) is 1.65. The molecule has 3 rings (SSSR count). The summed E-state index contributed by atoms with van der Waals surface area (Å²) in [4.78, 5) is 32.0. The van der Waals surface area contributed by atoms with Crippen molar-refractivity contribution in [1.29, 1.82) is 0 Å². The first-order valence-corrected chi connectivity index (χ1v) is 8.72. The number of piperidine rings is 1. The molecule has 1 N–H and O–H groups in total. The van der Waals surface area contributed by atoms with Crippen molar-refractivity contribution in [3.05, 3.63) is 22.8 Å². The Morgan fingerprint density at radius 3 is 2.54 bits per heavy atom. The van der Waals surface area contributed by atoms with E-state index in [9.17, 15) is 14.7 Å². The Morgan fingerprint density at radius 2 is 1.96 bits per heavy atom. The average molecular weight is 352 g/mol. The summed E-state index contributed by atoms with van der Waals surface area (Å²) in [7, 11) is 0. The fraction of sp³-hybridized carbons (Fsp3) is 0.588. The smallest absolute Gasteiger partial charge is 0.311 e. The van der Waals surface area contributed by atoms with Crippen molar-refractivity contribution in [2.45, 2.75) is 32.6 Å². The van der Waals surface area contributed by atoms with Gasteiger partial charge in [0.15, 0.2) is 0 Å². The summed E-state index contributed by atoms with van der Waals surface area (Å²) in [5.74, 6) is -0.290.